The molecule has 21 heavy (non-hydrogen) atoms. The Labute approximate surface area is 132 Å². The maximum Gasteiger partial charge on any atom is 0.245 e. The Hall–Kier alpha value is -0.670. The van der Waals surface area contributed by atoms with E-state index in [1.54, 1.807) is 12.1 Å². The zero-order valence-corrected chi connectivity index (χ0v) is 13.8. The summed E-state index contributed by atoms with van der Waals surface area (Å²) in [5.74, 6) is -0.588. The van der Waals surface area contributed by atoms with Crippen LogP contribution in [0.1, 0.15) is 12.8 Å². The Balaban J connectivity index is 1.82. The van der Waals surface area contributed by atoms with Gasteiger partial charge in [0.05, 0.1) is 18.9 Å². The van der Waals surface area contributed by atoms with Crippen LogP contribution in [-0.2, 0) is 19.5 Å². The van der Waals surface area contributed by atoms with Crippen LogP contribution in [0.3, 0.4) is 0 Å². The molecule has 0 aliphatic carbocycles. The summed E-state index contributed by atoms with van der Waals surface area (Å²) in [7, 11) is -3.59. The van der Waals surface area contributed by atoms with Crippen molar-refractivity contribution in [1.82, 2.24) is 4.31 Å². The van der Waals surface area contributed by atoms with E-state index in [0.717, 1.165) is 0 Å². The second-order valence-electron chi connectivity index (χ2n) is 5.19. The summed E-state index contributed by atoms with van der Waals surface area (Å²) in [6.45, 7) is 1.89. The maximum atomic E-state index is 12.7. The summed E-state index contributed by atoms with van der Waals surface area (Å²) in [4.78, 5) is 0.140. The van der Waals surface area contributed by atoms with E-state index in [2.05, 4.69) is 15.9 Å². The lowest BCUT2D eigenvalue weighted by Crippen LogP contribution is -2.47. The quantitative estimate of drug-likeness (QED) is 0.791. The van der Waals surface area contributed by atoms with Crippen molar-refractivity contribution in [3.05, 3.63) is 22.7 Å². The van der Waals surface area contributed by atoms with Crippen molar-refractivity contribution in [2.24, 2.45) is 0 Å². The van der Waals surface area contributed by atoms with Gasteiger partial charge in [0, 0.05) is 30.4 Å². The first-order chi connectivity index (χ1) is 9.93. The molecule has 116 valence electrons. The van der Waals surface area contributed by atoms with Gasteiger partial charge in [0.25, 0.3) is 0 Å². The van der Waals surface area contributed by atoms with Crippen molar-refractivity contribution in [3.63, 3.8) is 0 Å². The zero-order chi connectivity index (χ0) is 15.1. The minimum atomic E-state index is -3.59. The Morgan fingerprint density at radius 2 is 1.81 bits per heavy atom. The lowest BCUT2D eigenvalue weighted by molar-refractivity contribution is -0.179. The predicted octanol–water partition coefficient (Wildman–Crippen LogP) is 1.56. The van der Waals surface area contributed by atoms with Crippen molar-refractivity contribution in [2.75, 3.05) is 32.0 Å². The Morgan fingerprint density at radius 3 is 2.43 bits per heavy atom. The normalized spacial score (nSPS) is 22.7. The summed E-state index contributed by atoms with van der Waals surface area (Å²) >= 11 is 3.28. The van der Waals surface area contributed by atoms with Crippen LogP contribution in [-0.4, -0.2) is 44.8 Å². The average Bonchev–Trinajstić information content (AvgIpc) is 2.90. The highest BCUT2D eigenvalue weighted by molar-refractivity contribution is 9.10. The van der Waals surface area contributed by atoms with Gasteiger partial charge in [-0.15, -0.1) is 0 Å². The second kappa shape index (κ2) is 5.51. The highest BCUT2D eigenvalue weighted by atomic mass is 79.9. The van der Waals surface area contributed by atoms with E-state index in [0.29, 0.717) is 43.6 Å². The van der Waals surface area contributed by atoms with Crippen molar-refractivity contribution in [3.8, 4) is 0 Å². The predicted molar refractivity (Wildman–Crippen MR) is 81.2 cm³/mol. The number of rotatable bonds is 2. The van der Waals surface area contributed by atoms with E-state index >= 15 is 0 Å². The van der Waals surface area contributed by atoms with Crippen LogP contribution in [0.15, 0.2) is 27.6 Å². The van der Waals surface area contributed by atoms with Crippen LogP contribution >= 0.6 is 15.9 Å². The molecule has 0 radical (unpaired) electrons. The van der Waals surface area contributed by atoms with Crippen LogP contribution in [0, 0.1) is 0 Å². The topological polar surface area (TPSA) is 81.9 Å². The highest BCUT2D eigenvalue weighted by Gasteiger charge is 2.42. The van der Waals surface area contributed by atoms with Crippen LogP contribution < -0.4 is 5.73 Å². The zero-order valence-electron chi connectivity index (χ0n) is 11.4. The van der Waals surface area contributed by atoms with Gasteiger partial charge >= 0.3 is 0 Å². The summed E-state index contributed by atoms with van der Waals surface area (Å²) in [5, 5.41) is 0. The molecule has 8 heteroatoms. The number of nitrogens with zero attached hydrogens (tertiary/aromatic N) is 1. The minimum Gasteiger partial charge on any atom is -0.398 e. The summed E-state index contributed by atoms with van der Waals surface area (Å²) in [5.41, 5.74) is 6.08. The molecule has 0 atom stereocenters. The van der Waals surface area contributed by atoms with Gasteiger partial charge in [0.2, 0.25) is 10.0 Å². The molecule has 1 aromatic carbocycles. The molecule has 0 bridgehead atoms. The van der Waals surface area contributed by atoms with Crippen molar-refractivity contribution >= 4 is 31.6 Å². The second-order valence-corrected chi connectivity index (χ2v) is 8.02. The van der Waals surface area contributed by atoms with Crippen LogP contribution in [0.25, 0.3) is 0 Å². The molecule has 1 spiro atoms. The first kappa shape index (κ1) is 15.2. The summed E-state index contributed by atoms with van der Waals surface area (Å²) in [6, 6.07) is 4.85. The van der Waals surface area contributed by atoms with Gasteiger partial charge in [0.15, 0.2) is 5.79 Å². The number of halogens is 1. The number of benzene rings is 1. The molecular formula is C13H17BrN2O4S. The van der Waals surface area contributed by atoms with Gasteiger partial charge in [-0.1, -0.05) is 15.9 Å². The first-order valence-corrected chi connectivity index (χ1v) is 8.99. The Kier molecular flexibility index (Phi) is 4.00. The summed E-state index contributed by atoms with van der Waals surface area (Å²) in [6.07, 6.45) is 1.08. The molecular weight excluding hydrogens is 360 g/mol. The number of hydrogen-bond acceptors (Lipinski definition) is 5. The number of anilines is 1. The number of hydrogen-bond donors (Lipinski definition) is 1. The molecule has 6 nitrogen and oxygen atoms in total. The smallest absolute Gasteiger partial charge is 0.245 e. The fourth-order valence-corrected chi connectivity index (χ4v) is 4.82. The molecule has 2 fully saturated rings. The monoisotopic (exact) mass is 376 g/mol. The van der Waals surface area contributed by atoms with Crippen molar-refractivity contribution in [2.45, 2.75) is 23.5 Å². The van der Waals surface area contributed by atoms with Gasteiger partial charge in [-0.25, -0.2) is 8.42 Å². The van der Waals surface area contributed by atoms with Crippen molar-refractivity contribution in [1.29, 1.82) is 0 Å². The van der Waals surface area contributed by atoms with E-state index in [-0.39, 0.29) is 10.6 Å². The van der Waals surface area contributed by atoms with E-state index < -0.39 is 15.8 Å². The molecule has 2 aliphatic heterocycles. The molecule has 3 rings (SSSR count). The third-order valence-corrected chi connectivity index (χ3v) is 6.34. The number of ether oxygens (including phenoxy) is 2. The van der Waals surface area contributed by atoms with Gasteiger partial charge in [-0.3, -0.25) is 0 Å². The van der Waals surface area contributed by atoms with Gasteiger partial charge < -0.3 is 15.2 Å². The maximum absolute atomic E-state index is 12.7. The SMILES string of the molecule is Nc1ccc(Br)cc1S(=O)(=O)N1CCC2(CC1)OCCO2. The fraction of sp³-hybridized carbons (Fsp3) is 0.538. The third kappa shape index (κ3) is 2.83. The molecule has 0 saturated carbocycles. The molecule has 2 aliphatic rings. The van der Waals surface area contributed by atoms with Gasteiger partial charge in [-0.05, 0) is 18.2 Å². The van der Waals surface area contributed by atoms with E-state index in [1.165, 1.54) is 10.4 Å². The van der Waals surface area contributed by atoms with Crippen LogP contribution in [0.4, 0.5) is 5.69 Å². The van der Waals surface area contributed by atoms with E-state index in [9.17, 15) is 8.42 Å². The largest absolute Gasteiger partial charge is 0.398 e. The minimum absolute atomic E-state index is 0.140. The van der Waals surface area contributed by atoms with Gasteiger partial charge in [-0.2, -0.15) is 4.31 Å². The van der Waals surface area contributed by atoms with Crippen molar-refractivity contribution < 1.29 is 17.9 Å². The summed E-state index contributed by atoms with van der Waals surface area (Å²) < 4.78 is 38.8. The average molecular weight is 377 g/mol. The number of piperidine rings is 1. The molecule has 2 N–H and O–H groups in total. The van der Waals surface area contributed by atoms with Crippen LogP contribution in [0.5, 0.6) is 0 Å². The lowest BCUT2D eigenvalue weighted by Gasteiger charge is -2.36. The third-order valence-electron chi connectivity index (χ3n) is 3.89. The van der Waals surface area contributed by atoms with E-state index in [4.69, 9.17) is 15.2 Å². The molecule has 1 aromatic rings. The van der Waals surface area contributed by atoms with E-state index in [1.807, 2.05) is 0 Å². The molecule has 2 saturated heterocycles. The molecule has 0 aromatic heterocycles. The number of nitrogens with two attached hydrogens (primary N) is 1. The number of sulfonamides is 1. The standard InChI is InChI=1S/C13H17BrN2O4S/c14-10-1-2-11(15)12(9-10)21(17,18)16-5-3-13(4-6-16)19-7-8-20-13/h1-2,9H,3-8,15H2. The van der Waals surface area contributed by atoms with Crippen LogP contribution in [0.2, 0.25) is 0 Å². The highest BCUT2D eigenvalue weighted by Crippen LogP contribution is 2.34. The van der Waals surface area contributed by atoms with Gasteiger partial charge in [0.1, 0.15) is 4.90 Å². The lowest BCUT2D eigenvalue weighted by atomic mass is 10.1. The Bertz CT molecular complexity index is 634. The number of nitrogen functional groups attached to an aromatic ring is 1. The molecule has 0 unspecified atom stereocenters. The first-order valence-electron chi connectivity index (χ1n) is 6.76. The fourth-order valence-electron chi connectivity index (χ4n) is 2.72. The molecule has 2 heterocycles. The Morgan fingerprint density at radius 1 is 1.19 bits per heavy atom. The molecule has 0 amide bonds.